The molecule has 2 amide bonds. The molecular weight excluding hydrogens is 821 g/mol. The van der Waals surface area contributed by atoms with E-state index in [1.54, 1.807) is 18.6 Å². The van der Waals surface area contributed by atoms with E-state index in [0.717, 1.165) is 56.3 Å². The first-order chi connectivity index (χ1) is 28.3. The van der Waals surface area contributed by atoms with Crippen LogP contribution in [-0.2, 0) is 37.9 Å². The second-order valence-electron chi connectivity index (χ2n) is 21.9. The number of aromatic nitrogens is 2. The predicted molar refractivity (Wildman–Crippen MR) is 257 cm³/mol. The molecule has 0 aromatic carbocycles. The minimum atomic E-state index is -1.20. The van der Waals surface area contributed by atoms with Gasteiger partial charge in [0.1, 0.15) is 22.2 Å². The number of carbonyl (C=O) groups is 2. The Morgan fingerprint density at radius 3 is 1.65 bits per heavy atom. The van der Waals surface area contributed by atoms with Crippen molar-refractivity contribution >= 4 is 40.4 Å². The van der Waals surface area contributed by atoms with Crippen LogP contribution < -0.4 is 4.72 Å². The summed E-state index contributed by atoms with van der Waals surface area (Å²) in [5.41, 5.74) is 0.661. The molecule has 2 aliphatic heterocycles. The van der Waals surface area contributed by atoms with E-state index in [1.165, 1.54) is 0 Å². The summed E-state index contributed by atoms with van der Waals surface area (Å²) in [6.07, 6.45) is 11.0. The van der Waals surface area contributed by atoms with Crippen molar-refractivity contribution in [2.75, 3.05) is 13.1 Å². The van der Waals surface area contributed by atoms with Gasteiger partial charge in [-0.15, -0.1) is 0 Å². The van der Waals surface area contributed by atoms with E-state index in [1.807, 2.05) is 136 Å². The van der Waals surface area contributed by atoms with Crippen molar-refractivity contribution in [2.45, 2.75) is 200 Å². The lowest BCUT2D eigenvalue weighted by atomic mass is 9.91. The van der Waals surface area contributed by atoms with Gasteiger partial charge in [0.2, 0.25) is 0 Å². The van der Waals surface area contributed by atoms with E-state index in [2.05, 4.69) is 46.8 Å². The zero-order valence-corrected chi connectivity index (χ0v) is 42.9. The predicted octanol–water partition coefficient (Wildman–Crippen LogP) is 10.6. The molecule has 0 bridgehead atoms. The molecule has 0 saturated carbocycles. The normalized spacial score (nSPS) is 20.3. The zero-order chi connectivity index (χ0) is 47.3. The topological polar surface area (TPSA) is 143 Å². The molecule has 0 aliphatic carbocycles. The summed E-state index contributed by atoms with van der Waals surface area (Å²) in [6.45, 7) is 34.8. The largest absolute Gasteiger partial charge is 0.444 e. The van der Waals surface area contributed by atoms with Crippen molar-refractivity contribution in [1.29, 1.82) is 0 Å². The van der Waals surface area contributed by atoms with Crippen molar-refractivity contribution < 1.29 is 27.5 Å². The first kappa shape index (κ1) is 54.9. The number of aryl methyl sites for hydroxylation is 1. The maximum absolute atomic E-state index is 12.7. The number of likely N-dealkylation sites (tertiary alicyclic amines) is 2. The van der Waals surface area contributed by atoms with Gasteiger partial charge in [-0.2, -0.15) is 4.40 Å². The summed E-state index contributed by atoms with van der Waals surface area (Å²) in [5.74, 6) is 0.806. The number of hydrogen-bond acceptors (Lipinski definition) is 8. The van der Waals surface area contributed by atoms with Crippen LogP contribution in [0.3, 0.4) is 0 Å². The van der Waals surface area contributed by atoms with E-state index >= 15 is 0 Å². The minimum Gasteiger partial charge on any atom is -0.444 e. The first-order valence-corrected chi connectivity index (χ1v) is 24.5. The summed E-state index contributed by atoms with van der Waals surface area (Å²) in [5, 5.41) is 0. The van der Waals surface area contributed by atoms with Gasteiger partial charge in [-0.05, 0) is 192 Å². The van der Waals surface area contributed by atoms with E-state index in [-0.39, 0.29) is 38.8 Å². The second-order valence-corrected chi connectivity index (χ2v) is 25.9. The summed E-state index contributed by atoms with van der Waals surface area (Å²) in [4.78, 5) is 37.2. The van der Waals surface area contributed by atoms with Crippen LogP contribution in [0.1, 0.15) is 161 Å². The Morgan fingerprint density at radius 1 is 0.774 bits per heavy atom. The molecule has 2 fully saturated rings. The summed E-state index contributed by atoms with van der Waals surface area (Å²) in [7, 11) is -2.34. The molecule has 2 aliphatic rings. The van der Waals surface area contributed by atoms with E-state index < -0.39 is 33.2 Å². The number of nitrogens with zero attached hydrogens (tertiary/aromatic N) is 5. The third-order valence-electron chi connectivity index (χ3n) is 10.3. The van der Waals surface area contributed by atoms with Crippen molar-refractivity contribution in [3.63, 3.8) is 0 Å². The summed E-state index contributed by atoms with van der Waals surface area (Å²) in [6, 6.07) is 11.8. The SMILES string of the molecule is CC(C)(C)OC(=O)N1C[C@@H](CCC(Cc2ccccn2)NS(=O)C(C)(C)C)CC1(C)C.CC(C)(C)OC(=O)N1C[C@@H](CCC=NS(=O)C(C)(C)C)CC1(C)C.Cc1ccccn1. The van der Waals surface area contributed by atoms with Gasteiger partial charge in [-0.1, -0.05) is 12.1 Å². The van der Waals surface area contributed by atoms with Crippen LogP contribution in [0, 0.1) is 18.8 Å². The number of amides is 2. The van der Waals surface area contributed by atoms with Crippen LogP contribution in [0.5, 0.6) is 0 Å². The van der Waals surface area contributed by atoms with Crippen molar-refractivity contribution in [1.82, 2.24) is 24.5 Å². The lowest BCUT2D eigenvalue weighted by Crippen LogP contribution is -2.45. The van der Waals surface area contributed by atoms with E-state index in [4.69, 9.17) is 9.47 Å². The van der Waals surface area contributed by atoms with Gasteiger partial charge >= 0.3 is 12.2 Å². The van der Waals surface area contributed by atoms with Gasteiger partial charge in [0.05, 0.1) is 20.5 Å². The summed E-state index contributed by atoms with van der Waals surface area (Å²) < 4.78 is 42.6. The number of ether oxygens (including phenoxy) is 2. The Kier molecular flexibility index (Phi) is 20.5. The zero-order valence-electron chi connectivity index (χ0n) is 41.3. The third kappa shape index (κ3) is 20.5. The Bertz CT molecular complexity index is 1760. The van der Waals surface area contributed by atoms with E-state index in [9.17, 15) is 18.0 Å². The fourth-order valence-electron chi connectivity index (χ4n) is 7.21. The average molecular weight is 903 g/mol. The Balaban J connectivity index is 0.000000376. The summed E-state index contributed by atoms with van der Waals surface area (Å²) >= 11 is 0. The standard InChI is InChI=1S/C24H41N3O3S.C18H34N2O3S.C6H7N/c1-22(2,3)30-21(28)27-17-18(16-24(27,7)8)12-13-20(26-31(29)23(4,5)6)15-19-11-9-10-14-25-19;1-16(2,3)23-15(21)20-13-14(12-18(20,7)8)10-9-11-19-24(22)17(4,5)6;1-6-4-2-3-5-7-6/h9-11,14,18,20,26H,12-13,15-17H2,1-8H3;11,14H,9-10,12-13H2,1-8H3;2-5H,1H3/t18-,20?,31?;14-,24?;/m00./s1. The fraction of sp³-hybridized carbons (Fsp3) is 0.729. The van der Waals surface area contributed by atoms with Crippen LogP contribution in [-0.4, -0.2) is 97.5 Å². The number of hydrogen-bond donors (Lipinski definition) is 1. The van der Waals surface area contributed by atoms with Crippen molar-refractivity contribution in [3.8, 4) is 0 Å². The Labute approximate surface area is 380 Å². The highest BCUT2D eigenvalue weighted by molar-refractivity contribution is 7.85. The molecule has 0 spiro atoms. The lowest BCUT2D eigenvalue weighted by Gasteiger charge is -2.33. The molecule has 4 rings (SSSR count). The van der Waals surface area contributed by atoms with Crippen LogP contribution in [0.25, 0.3) is 0 Å². The van der Waals surface area contributed by atoms with Crippen LogP contribution in [0.4, 0.5) is 9.59 Å². The van der Waals surface area contributed by atoms with Gasteiger partial charge in [0.25, 0.3) is 0 Å². The highest BCUT2D eigenvalue weighted by atomic mass is 32.2. The van der Waals surface area contributed by atoms with Gasteiger partial charge in [0.15, 0.2) is 0 Å². The Morgan fingerprint density at radius 2 is 1.26 bits per heavy atom. The number of carbonyl (C=O) groups excluding carboxylic acids is 2. The van der Waals surface area contributed by atoms with Crippen LogP contribution in [0.2, 0.25) is 0 Å². The molecule has 12 nitrogen and oxygen atoms in total. The quantitative estimate of drug-likeness (QED) is 0.220. The van der Waals surface area contributed by atoms with Crippen molar-refractivity contribution in [2.24, 2.45) is 16.2 Å². The second kappa shape index (κ2) is 23.1. The maximum atomic E-state index is 12.7. The van der Waals surface area contributed by atoms with Gasteiger partial charge < -0.3 is 19.3 Å². The number of rotatable bonds is 11. The third-order valence-corrected chi connectivity index (χ3v) is 13.3. The molecule has 352 valence electrons. The smallest absolute Gasteiger partial charge is 0.410 e. The fourth-order valence-corrected chi connectivity index (χ4v) is 8.63. The molecule has 0 radical (unpaired) electrons. The molecule has 1 N–H and O–H groups in total. The number of pyridine rings is 2. The molecule has 2 saturated heterocycles. The molecule has 14 heteroatoms. The maximum Gasteiger partial charge on any atom is 0.410 e. The Hall–Kier alpha value is -3.23. The highest BCUT2D eigenvalue weighted by Gasteiger charge is 2.44. The highest BCUT2D eigenvalue weighted by Crippen LogP contribution is 2.37. The molecule has 5 atom stereocenters. The first-order valence-electron chi connectivity index (χ1n) is 22.2. The molecule has 2 aromatic rings. The van der Waals surface area contributed by atoms with Crippen LogP contribution in [0.15, 0.2) is 53.2 Å². The molecule has 3 unspecified atom stereocenters. The monoisotopic (exact) mass is 903 g/mol. The van der Waals surface area contributed by atoms with Crippen LogP contribution >= 0.6 is 0 Å². The van der Waals surface area contributed by atoms with Crippen molar-refractivity contribution in [3.05, 3.63) is 60.2 Å². The number of nitrogens with one attached hydrogen (secondary N) is 1. The molecule has 62 heavy (non-hydrogen) atoms. The van der Waals surface area contributed by atoms with Gasteiger partial charge in [0, 0.05) is 66.6 Å². The average Bonchev–Trinajstić information content (AvgIpc) is 3.61. The van der Waals surface area contributed by atoms with Gasteiger partial charge in [-0.25, -0.2) is 22.7 Å². The molecule has 4 heterocycles. The minimum absolute atomic E-state index is 0.0636. The molecule has 2 aromatic heterocycles. The van der Waals surface area contributed by atoms with E-state index in [0.29, 0.717) is 24.9 Å². The van der Waals surface area contributed by atoms with Gasteiger partial charge in [-0.3, -0.25) is 9.97 Å². The lowest BCUT2D eigenvalue weighted by molar-refractivity contribution is 0.0118. The molecular formula is C48H82N6O6S2.